The van der Waals surface area contributed by atoms with E-state index in [4.69, 9.17) is 4.74 Å². The summed E-state index contributed by atoms with van der Waals surface area (Å²) in [5.41, 5.74) is 3.73. The fourth-order valence-corrected chi connectivity index (χ4v) is 3.04. The monoisotopic (exact) mass is 342 g/mol. The highest BCUT2D eigenvalue weighted by molar-refractivity contribution is 9.10. The maximum Gasteiger partial charge on any atom is 0.189 e. The first-order valence-electron chi connectivity index (χ1n) is 6.86. The van der Waals surface area contributed by atoms with E-state index in [1.165, 1.54) is 0 Å². The Labute approximate surface area is 132 Å². The molecule has 0 aliphatic heterocycles. The summed E-state index contributed by atoms with van der Waals surface area (Å²) >= 11 is 3.46. The van der Waals surface area contributed by atoms with Crippen molar-refractivity contribution in [2.75, 3.05) is 7.11 Å². The van der Waals surface area contributed by atoms with Crippen molar-refractivity contribution in [2.45, 2.75) is 12.8 Å². The minimum absolute atomic E-state index is 0.124. The van der Waals surface area contributed by atoms with Crippen LogP contribution in [0.5, 0.6) is 5.75 Å². The zero-order valence-corrected chi connectivity index (χ0v) is 13.3. The highest BCUT2D eigenvalue weighted by atomic mass is 79.9. The third-order valence-corrected chi connectivity index (χ3v) is 4.23. The smallest absolute Gasteiger partial charge is 0.189 e. The molecule has 0 spiro atoms. The highest BCUT2D eigenvalue weighted by Crippen LogP contribution is 2.30. The van der Waals surface area contributed by atoms with Gasteiger partial charge in [0.25, 0.3) is 0 Å². The summed E-state index contributed by atoms with van der Waals surface area (Å²) < 4.78 is 6.34. The van der Waals surface area contributed by atoms with Crippen LogP contribution >= 0.6 is 15.9 Å². The van der Waals surface area contributed by atoms with E-state index >= 15 is 0 Å². The summed E-state index contributed by atoms with van der Waals surface area (Å²) in [6.45, 7) is 0. The predicted octanol–water partition coefficient (Wildman–Crippen LogP) is 4.67. The average Bonchev–Trinajstić information content (AvgIpc) is 2.51. The van der Waals surface area contributed by atoms with Crippen molar-refractivity contribution in [2.24, 2.45) is 0 Å². The number of fused-ring (bicyclic) bond motifs is 1. The van der Waals surface area contributed by atoms with Crippen molar-refractivity contribution in [3.05, 3.63) is 69.2 Å². The molecule has 0 N–H and O–H groups in total. The standard InChI is InChI=1S/C18H15BrO2/c1-21-17-9-8-15(19)11-14(17)10-13-7-6-12-4-2-3-5-16(12)18(13)20/h2-5,8-11H,6-7H2,1H3/b13-10+. The maximum absolute atomic E-state index is 12.6. The summed E-state index contributed by atoms with van der Waals surface area (Å²) in [6, 6.07) is 13.6. The van der Waals surface area contributed by atoms with Gasteiger partial charge in [-0.25, -0.2) is 0 Å². The van der Waals surface area contributed by atoms with Gasteiger partial charge in [0, 0.05) is 21.2 Å². The molecular weight excluding hydrogens is 328 g/mol. The number of hydrogen-bond acceptors (Lipinski definition) is 2. The van der Waals surface area contributed by atoms with Crippen LogP contribution in [0.3, 0.4) is 0 Å². The molecule has 2 aromatic carbocycles. The summed E-state index contributed by atoms with van der Waals surface area (Å²) in [5.74, 6) is 0.899. The number of aryl methyl sites for hydroxylation is 1. The number of Topliss-reactive ketones (excluding diaryl/α,β-unsaturated/α-hetero) is 1. The lowest BCUT2D eigenvalue weighted by Gasteiger charge is -2.17. The Bertz CT molecular complexity index is 732. The van der Waals surface area contributed by atoms with E-state index in [1.54, 1.807) is 7.11 Å². The molecule has 21 heavy (non-hydrogen) atoms. The lowest BCUT2D eigenvalue weighted by Crippen LogP contribution is -2.13. The molecule has 0 heterocycles. The SMILES string of the molecule is COc1ccc(Br)cc1/C=C1\CCc2ccccc2C1=O. The molecule has 2 nitrogen and oxygen atoms in total. The molecule has 0 atom stereocenters. The molecule has 3 rings (SSSR count). The van der Waals surface area contributed by atoms with Crippen LogP contribution in [0.4, 0.5) is 0 Å². The number of rotatable bonds is 2. The number of methoxy groups -OCH3 is 1. The van der Waals surface area contributed by atoms with Gasteiger partial charge >= 0.3 is 0 Å². The molecule has 0 amide bonds. The zero-order valence-electron chi connectivity index (χ0n) is 11.7. The number of ether oxygens (including phenoxy) is 1. The van der Waals surface area contributed by atoms with Crippen LogP contribution in [0.1, 0.15) is 27.9 Å². The van der Waals surface area contributed by atoms with Crippen LogP contribution in [0, 0.1) is 0 Å². The Morgan fingerprint density at radius 1 is 1.14 bits per heavy atom. The average molecular weight is 343 g/mol. The van der Waals surface area contributed by atoms with E-state index in [-0.39, 0.29) is 5.78 Å². The third kappa shape index (κ3) is 2.79. The molecule has 106 valence electrons. The Balaban J connectivity index is 2.02. The lowest BCUT2D eigenvalue weighted by molar-refractivity contribution is 0.102. The maximum atomic E-state index is 12.6. The fraction of sp³-hybridized carbons (Fsp3) is 0.167. The summed E-state index contributed by atoms with van der Waals surface area (Å²) in [6.07, 6.45) is 3.62. The van der Waals surface area contributed by atoms with Crippen LogP contribution in [0.25, 0.3) is 6.08 Å². The van der Waals surface area contributed by atoms with Gasteiger partial charge in [0.1, 0.15) is 5.75 Å². The van der Waals surface area contributed by atoms with Gasteiger partial charge in [-0.1, -0.05) is 40.2 Å². The Kier molecular flexibility index (Phi) is 3.93. The van der Waals surface area contributed by atoms with Crippen molar-refractivity contribution >= 4 is 27.8 Å². The molecule has 0 unspecified atom stereocenters. The largest absolute Gasteiger partial charge is 0.496 e. The van der Waals surface area contributed by atoms with Crippen LogP contribution in [-0.4, -0.2) is 12.9 Å². The first-order chi connectivity index (χ1) is 10.2. The number of allylic oxidation sites excluding steroid dienone is 1. The number of carbonyl (C=O) groups excluding carboxylic acids is 1. The molecule has 0 fully saturated rings. The second-order valence-corrected chi connectivity index (χ2v) is 5.96. The Morgan fingerprint density at radius 3 is 2.76 bits per heavy atom. The molecule has 0 bridgehead atoms. The first-order valence-corrected chi connectivity index (χ1v) is 7.65. The molecule has 0 saturated heterocycles. The van der Waals surface area contributed by atoms with Crippen LogP contribution in [0.2, 0.25) is 0 Å². The summed E-state index contributed by atoms with van der Waals surface area (Å²) in [7, 11) is 1.64. The van der Waals surface area contributed by atoms with Gasteiger partial charge in [-0.3, -0.25) is 4.79 Å². The van der Waals surface area contributed by atoms with E-state index in [0.29, 0.717) is 0 Å². The minimum atomic E-state index is 0.124. The summed E-state index contributed by atoms with van der Waals surface area (Å²) in [5, 5.41) is 0. The van der Waals surface area contributed by atoms with Gasteiger partial charge in [0.05, 0.1) is 7.11 Å². The topological polar surface area (TPSA) is 26.3 Å². The number of hydrogen-bond donors (Lipinski definition) is 0. The molecule has 0 saturated carbocycles. The lowest BCUT2D eigenvalue weighted by atomic mass is 9.86. The second kappa shape index (κ2) is 5.86. The summed E-state index contributed by atoms with van der Waals surface area (Å²) in [4.78, 5) is 12.6. The predicted molar refractivity (Wildman–Crippen MR) is 87.8 cm³/mol. The number of benzene rings is 2. The van der Waals surface area contributed by atoms with Gasteiger partial charge in [0.2, 0.25) is 0 Å². The Hall–Kier alpha value is -1.87. The van der Waals surface area contributed by atoms with E-state index in [9.17, 15) is 4.79 Å². The van der Waals surface area contributed by atoms with Crippen molar-refractivity contribution in [3.63, 3.8) is 0 Å². The molecule has 1 aliphatic carbocycles. The fourth-order valence-electron chi connectivity index (χ4n) is 2.66. The second-order valence-electron chi connectivity index (χ2n) is 5.04. The van der Waals surface area contributed by atoms with Gasteiger partial charge in [0.15, 0.2) is 5.78 Å². The quantitative estimate of drug-likeness (QED) is 0.741. The number of halogens is 1. The Morgan fingerprint density at radius 2 is 1.95 bits per heavy atom. The molecule has 0 aromatic heterocycles. The molecule has 0 radical (unpaired) electrons. The van der Waals surface area contributed by atoms with Crippen LogP contribution in [-0.2, 0) is 6.42 Å². The minimum Gasteiger partial charge on any atom is -0.496 e. The third-order valence-electron chi connectivity index (χ3n) is 3.74. The molecular formula is C18H15BrO2. The number of ketones is 1. The normalized spacial score (nSPS) is 15.9. The first kappa shape index (κ1) is 14.1. The van der Waals surface area contributed by atoms with Gasteiger partial charge in [-0.05, 0) is 42.7 Å². The van der Waals surface area contributed by atoms with Crippen molar-refractivity contribution in [3.8, 4) is 5.75 Å². The van der Waals surface area contributed by atoms with Gasteiger partial charge in [-0.15, -0.1) is 0 Å². The zero-order chi connectivity index (χ0) is 14.8. The molecule has 3 heteroatoms. The number of carbonyl (C=O) groups is 1. The van der Waals surface area contributed by atoms with Crippen LogP contribution in [0.15, 0.2) is 52.5 Å². The molecule has 2 aromatic rings. The van der Waals surface area contributed by atoms with Crippen molar-refractivity contribution < 1.29 is 9.53 Å². The van der Waals surface area contributed by atoms with Crippen molar-refractivity contribution in [1.82, 2.24) is 0 Å². The van der Waals surface area contributed by atoms with E-state index in [2.05, 4.69) is 15.9 Å². The highest BCUT2D eigenvalue weighted by Gasteiger charge is 2.21. The van der Waals surface area contributed by atoms with E-state index in [1.807, 2.05) is 48.5 Å². The van der Waals surface area contributed by atoms with Crippen molar-refractivity contribution in [1.29, 1.82) is 0 Å². The van der Waals surface area contributed by atoms with Gasteiger partial charge < -0.3 is 4.74 Å². The van der Waals surface area contributed by atoms with Gasteiger partial charge in [-0.2, -0.15) is 0 Å². The molecule has 1 aliphatic rings. The van der Waals surface area contributed by atoms with Crippen LogP contribution < -0.4 is 4.74 Å². The van der Waals surface area contributed by atoms with E-state index in [0.717, 1.165) is 45.3 Å². The van der Waals surface area contributed by atoms with E-state index < -0.39 is 0 Å².